The van der Waals surface area contributed by atoms with Crippen LogP contribution in [0.3, 0.4) is 0 Å². The number of hydrogen-bond acceptors (Lipinski definition) is 3. The number of rotatable bonds is 1. The predicted octanol–water partition coefficient (Wildman–Crippen LogP) is 1.66. The van der Waals surface area contributed by atoms with Gasteiger partial charge in [0.2, 0.25) is 0 Å². The molecule has 1 rings (SSSR count). The van der Waals surface area contributed by atoms with Crippen LogP contribution in [-0.4, -0.2) is 10.4 Å². The molecule has 1 aliphatic rings. The number of nitrogens with one attached hydrogen (secondary N) is 1. The smallest absolute Gasteiger partial charge is 0.178 e. The minimum Gasteiger partial charge on any atom is -0.188 e. The maximum absolute atomic E-state index is 7.99. The Kier molecular flexibility index (Phi) is 2.43. The summed E-state index contributed by atoms with van der Waals surface area (Å²) in [4.78, 5) is 2.47. The number of azide groups is 1. The van der Waals surface area contributed by atoms with Crippen LogP contribution in [0.1, 0.15) is 0 Å². The fourth-order valence-corrected chi connectivity index (χ4v) is 0.872. The van der Waals surface area contributed by atoms with E-state index in [1.807, 2.05) is 0 Å². The van der Waals surface area contributed by atoms with Gasteiger partial charge in [0.15, 0.2) is 5.17 Å². The van der Waals surface area contributed by atoms with Gasteiger partial charge in [-0.1, -0.05) is 23.2 Å². The number of hydrazone groups is 1. The quantitative estimate of drug-likeness (QED) is 0.297. The standard InChI is InChI=1S/C3H2Cl2N6/c4-2-1-3(5)8-11(7-2)10-9-6/h1,7H. The molecule has 1 aliphatic heterocycles. The van der Waals surface area contributed by atoms with Crippen LogP contribution in [0.2, 0.25) is 0 Å². The molecule has 0 aromatic rings. The van der Waals surface area contributed by atoms with Crippen molar-refractivity contribution >= 4 is 28.4 Å². The van der Waals surface area contributed by atoms with Gasteiger partial charge in [-0.3, -0.25) is 0 Å². The highest BCUT2D eigenvalue weighted by Gasteiger charge is 2.11. The van der Waals surface area contributed by atoms with Gasteiger partial charge in [0.05, 0.1) is 0 Å². The van der Waals surface area contributed by atoms with Crippen molar-refractivity contribution in [2.45, 2.75) is 0 Å². The summed E-state index contributed by atoms with van der Waals surface area (Å²) in [6.45, 7) is 0. The van der Waals surface area contributed by atoms with E-state index in [1.54, 1.807) is 0 Å². The summed E-state index contributed by atoms with van der Waals surface area (Å²) in [6, 6.07) is 0. The predicted molar refractivity (Wildman–Crippen MR) is 41.3 cm³/mol. The second-order valence-corrected chi connectivity index (χ2v) is 2.29. The van der Waals surface area contributed by atoms with E-state index in [4.69, 9.17) is 28.7 Å². The average Bonchev–Trinajstić information content (AvgIpc) is 1.85. The summed E-state index contributed by atoms with van der Waals surface area (Å²) in [5.74, 6) is 0. The molecule has 6 nitrogen and oxygen atoms in total. The molecular formula is C3H2Cl2N6. The van der Waals surface area contributed by atoms with Gasteiger partial charge >= 0.3 is 0 Å². The average molecular weight is 193 g/mol. The summed E-state index contributed by atoms with van der Waals surface area (Å²) >= 11 is 11.0. The Morgan fingerprint density at radius 1 is 1.73 bits per heavy atom. The molecule has 0 spiro atoms. The molecule has 1 N–H and O–H groups in total. The molecule has 0 saturated heterocycles. The van der Waals surface area contributed by atoms with E-state index in [-0.39, 0.29) is 10.3 Å². The first-order valence-electron chi connectivity index (χ1n) is 2.45. The molecule has 1 heterocycles. The van der Waals surface area contributed by atoms with Gasteiger partial charge in [-0.2, -0.15) is 10.3 Å². The molecule has 11 heavy (non-hydrogen) atoms. The zero-order chi connectivity index (χ0) is 8.27. The van der Waals surface area contributed by atoms with Gasteiger partial charge in [0.1, 0.15) is 5.16 Å². The number of halogens is 2. The van der Waals surface area contributed by atoms with Crippen molar-refractivity contribution in [3.8, 4) is 0 Å². The molecule has 0 atom stereocenters. The van der Waals surface area contributed by atoms with Gasteiger partial charge in [-0.25, -0.2) is 0 Å². The molecule has 0 unspecified atom stereocenters. The summed E-state index contributed by atoms with van der Waals surface area (Å²) < 4.78 is 0. The third-order valence-corrected chi connectivity index (χ3v) is 1.15. The Morgan fingerprint density at radius 3 is 3.00 bits per heavy atom. The number of allylic oxidation sites excluding steroid dienone is 1. The van der Waals surface area contributed by atoms with E-state index in [9.17, 15) is 0 Å². The first kappa shape index (κ1) is 8.00. The number of hydrazine groups is 1. The van der Waals surface area contributed by atoms with Gasteiger partial charge in [-0.15, -0.1) is 5.53 Å². The van der Waals surface area contributed by atoms with Crippen molar-refractivity contribution in [1.29, 1.82) is 0 Å². The van der Waals surface area contributed by atoms with Gasteiger partial charge in [0, 0.05) is 11.3 Å². The van der Waals surface area contributed by atoms with Crippen molar-refractivity contribution < 1.29 is 0 Å². The maximum Gasteiger partial charge on any atom is 0.178 e. The van der Waals surface area contributed by atoms with Gasteiger partial charge in [-0.05, 0) is 10.3 Å². The van der Waals surface area contributed by atoms with Crippen LogP contribution in [0, 0.1) is 0 Å². The summed E-state index contributed by atoms with van der Waals surface area (Å²) in [7, 11) is 0. The lowest BCUT2D eigenvalue weighted by Gasteiger charge is -2.10. The summed E-state index contributed by atoms with van der Waals surface area (Å²) in [6.07, 6.45) is 1.38. The Morgan fingerprint density at radius 2 is 2.45 bits per heavy atom. The van der Waals surface area contributed by atoms with E-state index in [1.165, 1.54) is 6.08 Å². The molecule has 0 amide bonds. The number of nitrogens with zero attached hydrogens (tertiary/aromatic N) is 5. The molecule has 0 aromatic carbocycles. The molecule has 0 radical (unpaired) electrons. The second kappa shape index (κ2) is 3.34. The third-order valence-electron chi connectivity index (χ3n) is 0.768. The van der Waals surface area contributed by atoms with E-state index < -0.39 is 0 Å². The molecular weight excluding hydrogens is 191 g/mol. The van der Waals surface area contributed by atoms with Crippen molar-refractivity contribution in [3.63, 3.8) is 0 Å². The summed E-state index contributed by atoms with van der Waals surface area (Å²) in [5.41, 5.74) is 10.4. The van der Waals surface area contributed by atoms with Crippen molar-refractivity contribution in [2.24, 2.45) is 10.3 Å². The summed E-state index contributed by atoms with van der Waals surface area (Å²) in [5, 5.41) is 7.83. The van der Waals surface area contributed by atoms with Crippen molar-refractivity contribution in [3.05, 3.63) is 21.7 Å². The lowest BCUT2D eigenvalue weighted by Crippen LogP contribution is -2.29. The third kappa shape index (κ3) is 2.19. The fourth-order valence-electron chi connectivity index (χ4n) is 0.457. The van der Waals surface area contributed by atoms with Crippen molar-refractivity contribution in [2.75, 3.05) is 0 Å². The normalized spacial score (nSPS) is 16.0. The molecule has 58 valence electrons. The van der Waals surface area contributed by atoms with Crippen LogP contribution >= 0.6 is 23.2 Å². The second-order valence-electron chi connectivity index (χ2n) is 1.50. The molecule has 0 fully saturated rings. The highest BCUT2D eigenvalue weighted by atomic mass is 35.5. The number of hydrogen-bond donors (Lipinski definition) is 1. The zero-order valence-electron chi connectivity index (χ0n) is 5.07. The Labute approximate surface area is 71.6 Å². The Balaban J connectivity index is 2.78. The van der Waals surface area contributed by atoms with Crippen LogP contribution in [0.5, 0.6) is 0 Å². The van der Waals surface area contributed by atoms with Crippen LogP contribution in [0.4, 0.5) is 0 Å². The van der Waals surface area contributed by atoms with Crippen LogP contribution in [-0.2, 0) is 0 Å². The zero-order valence-corrected chi connectivity index (χ0v) is 6.58. The van der Waals surface area contributed by atoms with Crippen LogP contribution < -0.4 is 5.43 Å². The van der Waals surface area contributed by atoms with Gasteiger partial charge < -0.3 is 0 Å². The van der Waals surface area contributed by atoms with Crippen molar-refractivity contribution in [1.82, 2.24) is 10.7 Å². The van der Waals surface area contributed by atoms with E-state index in [0.29, 0.717) is 0 Å². The Hall–Kier alpha value is -1.10. The molecule has 8 heteroatoms. The van der Waals surface area contributed by atoms with Crippen LogP contribution in [0.25, 0.3) is 10.4 Å². The lowest BCUT2D eigenvalue weighted by atomic mass is 10.6. The first-order valence-corrected chi connectivity index (χ1v) is 3.21. The maximum atomic E-state index is 7.99. The highest BCUT2D eigenvalue weighted by Crippen LogP contribution is 2.08. The fraction of sp³-hybridized carbons (Fsp3) is 0. The minimum absolute atomic E-state index is 0.140. The lowest BCUT2D eigenvalue weighted by molar-refractivity contribution is 0.233. The molecule has 0 aromatic heterocycles. The molecule has 0 bridgehead atoms. The SMILES string of the molecule is [N-]=[N+]=NN1N=C(Cl)C=C(Cl)N1. The highest BCUT2D eigenvalue weighted by molar-refractivity contribution is 6.69. The van der Waals surface area contributed by atoms with Gasteiger partial charge in [0.25, 0.3) is 0 Å². The first-order chi connectivity index (χ1) is 5.22. The minimum atomic E-state index is 0.140. The topological polar surface area (TPSA) is 76.4 Å². The Bertz CT molecular complexity index is 263. The molecule has 0 aliphatic carbocycles. The monoisotopic (exact) mass is 192 g/mol. The van der Waals surface area contributed by atoms with Crippen LogP contribution in [0.15, 0.2) is 21.6 Å². The van der Waals surface area contributed by atoms with E-state index in [2.05, 4.69) is 20.7 Å². The largest absolute Gasteiger partial charge is 0.188 e. The van der Waals surface area contributed by atoms with E-state index >= 15 is 0 Å². The molecule has 0 saturated carbocycles. The van der Waals surface area contributed by atoms with E-state index in [0.717, 1.165) is 5.23 Å².